The van der Waals surface area contributed by atoms with Crippen molar-refractivity contribution >= 4 is 0 Å². The minimum absolute atomic E-state index is 0.741. The molecule has 0 saturated heterocycles. The van der Waals surface area contributed by atoms with Crippen LogP contribution in [0.2, 0.25) is 0 Å². The largest absolute Gasteiger partial charge is 0.370 e. The Labute approximate surface area is 138 Å². The quantitative estimate of drug-likeness (QED) is 0.867. The van der Waals surface area contributed by atoms with E-state index in [9.17, 15) is 0 Å². The van der Waals surface area contributed by atoms with Gasteiger partial charge in [0.2, 0.25) is 0 Å². The van der Waals surface area contributed by atoms with Crippen molar-refractivity contribution in [2.45, 2.75) is 26.2 Å². The van der Waals surface area contributed by atoms with E-state index in [1.807, 2.05) is 17.8 Å². The summed E-state index contributed by atoms with van der Waals surface area (Å²) in [6, 6.07) is 12.9. The summed E-state index contributed by atoms with van der Waals surface area (Å²) in [5.74, 6) is 1.55. The van der Waals surface area contributed by atoms with Crippen LogP contribution in [0, 0.1) is 5.92 Å². The van der Waals surface area contributed by atoms with Gasteiger partial charge in [-0.1, -0.05) is 37.8 Å². The highest BCUT2D eigenvalue weighted by atomic mass is 15.1. The van der Waals surface area contributed by atoms with Crippen LogP contribution in [0.15, 0.2) is 60.0 Å². The zero-order valence-corrected chi connectivity index (χ0v) is 14.0. The number of hydrogen-bond donors (Lipinski definition) is 1. The summed E-state index contributed by atoms with van der Waals surface area (Å²) in [5, 5.41) is 3.34. The van der Waals surface area contributed by atoms with Crippen molar-refractivity contribution in [1.29, 1.82) is 0 Å². The summed E-state index contributed by atoms with van der Waals surface area (Å²) in [4.78, 5) is 4.73. The second-order valence-corrected chi connectivity index (χ2v) is 6.29. The number of nitrogens with zero attached hydrogens (tertiary/aromatic N) is 2. The minimum Gasteiger partial charge on any atom is -0.370 e. The Bertz CT molecular complexity index is 749. The molecule has 23 heavy (non-hydrogen) atoms. The van der Waals surface area contributed by atoms with Crippen molar-refractivity contribution < 1.29 is 0 Å². The summed E-state index contributed by atoms with van der Waals surface area (Å²) in [6.45, 7) is 7.22. The first-order valence-corrected chi connectivity index (χ1v) is 8.40. The molecule has 1 aromatic carbocycles. The van der Waals surface area contributed by atoms with E-state index in [1.165, 1.54) is 24.0 Å². The second kappa shape index (κ2) is 6.86. The van der Waals surface area contributed by atoms with Gasteiger partial charge in [-0.15, -0.1) is 0 Å². The molecule has 1 aromatic heterocycles. The van der Waals surface area contributed by atoms with E-state index in [4.69, 9.17) is 4.99 Å². The molecule has 1 fully saturated rings. The molecule has 0 radical (unpaired) electrons. The van der Waals surface area contributed by atoms with Crippen LogP contribution < -0.4 is 10.8 Å². The fourth-order valence-electron chi connectivity index (χ4n) is 2.64. The van der Waals surface area contributed by atoms with Gasteiger partial charge in [-0.3, -0.25) is 0 Å². The van der Waals surface area contributed by atoms with Gasteiger partial charge in [-0.2, -0.15) is 0 Å². The molecule has 3 heteroatoms. The number of benzene rings is 1. The Balaban J connectivity index is 1.93. The van der Waals surface area contributed by atoms with Crippen molar-refractivity contribution in [2.75, 3.05) is 6.54 Å². The van der Waals surface area contributed by atoms with Crippen LogP contribution >= 0.6 is 0 Å². The van der Waals surface area contributed by atoms with Gasteiger partial charge in [0.15, 0.2) is 0 Å². The first-order chi connectivity index (χ1) is 11.2. The highest BCUT2D eigenvalue weighted by Crippen LogP contribution is 2.27. The van der Waals surface area contributed by atoms with Crippen LogP contribution in [0.3, 0.4) is 0 Å². The molecule has 1 heterocycles. The van der Waals surface area contributed by atoms with Crippen LogP contribution in [-0.4, -0.2) is 11.1 Å². The molecule has 0 aliphatic heterocycles. The number of pyridine rings is 1. The van der Waals surface area contributed by atoms with E-state index in [0.29, 0.717) is 0 Å². The van der Waals surface area contributed by atoms with Crippen molar-refractivity contribution in [3.63, 3.8) is 0 Å². The molecule has 120 valence electrons. The first-order valence-electron chi connectivity index (χ1n) is 8.40. The summed E-state index contributed by atoms with van der Waals surface area (Å²) in [5.41, 5.74) is 4.60. The maximum atomic E-state index is 4.73. The fraction of sp³-hybridized carbons (Fsp3) is 0.350. The van der Waals surface area contributed by atoms with Gasteiger partial charge in [0, 0.05) is 25.4 Å². The Kier molecular flexibility index (Phi) is 4.65. The smallest absolute Gasteiger partial charge is 0.142 e. The SMILES string of the molecule is C=C(/N=c1/c(-c2ccc(CC)cc2)cccn1C)NCC1CC1. The van der Waals surface area contributed by atoms with E-state index in [-0.39, 0.29) is 0 Å². The minimum atomic E-state index is 0.741. The maximum absolute atomic E-state index is 4.73. The number of rotatable bonds is 6. The molecule has 0 atom stereocenters. The van der Waals surface area contributed by atoms with Gasteiger partial charge in [-0.25, -0.2) is 4.99 Å². The standard InChI is InChI=1S/C20H25N3/c1-4-16-9-11-18(12-10-16)19-6-5-13-23(3)20(19)22-15(2)21-14-17-7-8-17/h5-6,9-13,17,21H,2,4,7-8,14H2,1,3H3/b22-20-. The van der Waals surface area contributed by atoms with Crippen molar-refractivity contribution in [3.05, 3.63) is 66.0 Å². The van der Waals surface area contributed by atoms with Crippen LogP contribution in [-0.2, 0) is 13.5 Å². The molecule has 2 aromatic rings. The monoisotopic (exact) mass is 307 g/mol. The predicted molar refractivity (Wildman–Crippen MR) is 95.7 cm³/mol. The zero-order valence-electron chi connectivity index (χ0n) is 14.0. The van der Waals surface area contributed by atoms with E-state index < -0.39 is 0 Å². The molecule has 1 N–H and O–H groups in total. The zero-order chi connectivity index (χ0) is 16.2. The number of aromatic nitrogens is 1. The van der Waals surface area contributed by atoms with Gasteiger partial charge < -0.3 is 9.88 Å². The maximum Gasteiger partial charge on any atom is 0.142 e. The first kappa shape index (κ1) is 15.6. The van der Waals surface area contributed by atoms with Crippen LogP contribution in [0.25, 0.3) is 11.1 Å². The lowest BCUT2D eigenvalue weighted by atomic mass is 10.0. The van der Waals surface area contributed by atoms with E-state index >= 15 is 0 Å². The van der Waals surface area contributed by atoms with Crippen LogP contribution in [0.1, 0.15) is 25.3 Å². The van der Waals surface area contributed by atoms with Crippen molar-refractivity contribution in [1.82, 2.24) is 9.88 Å². The molecule has 0 amide bonds. The summed E-state index contributed by atoms with van der Waals surface area (Å²) < 4.78 is 2.05. The van der Waals surface area contributed by atoms with E-state index in [1.54, 1.807) is 0 Å². The van der Waals surface area contributed by atoms with Crippen LogP contribution in [0.4, 0.5) is 0 Å². The highest BCUT2D eigenvalue weighted by Gasteiger charge is 2.20. The molecule has 1 saturated carbocycles. The normalized spacial score (nSPS) is 14.8. The topological polar surface area (TPSA) is 29.3 Å². The molecule has 0 spiro atoms. The average molecular weight is 307 g/mol. The summed E-state index contributed by atoms with van der Waals surface area (Å²) >= 11 is 0. The van der Waals surface area contributed by atoms with Gasteiger partial charge in [0.1, 0.15) is 11.3 Å². The van der Waals surface area contributed by atoms with Gasteiger partial charge >= 0.3 is 0 Å². The van der Waals surface area contributed by atoms with Gasteiger partial charge in [-0.05, 0) is 48.4 Å². The van der Waals surface area contributed by atoms with Crippen LogP contribution in [0.5, 0.6) is 0 Å². The molecular formula is C20H25N3. The molecule has 1 aliphatic rings. The number of hydrogen-bond acceptors (Lipinski definition) is 2. The lowest BCUT2D eigenvalue weighted by molar-refractivity contribution is 0.701. The number of aryl methyl sites for hydroxylation is 2. The second-order valence-electron chi connectivity index (χ2n) is 6.29. The van der Waals surface area contributed by atoms with Gasteiger partial charge in [0.05, 0.1) is 0 Å². The lowest BCUT2D eigenvalue weighted by Gasteiger charge is -2.10. The van der Waals surface area contributed by atoms with Crippen molar-refractivity contribution in [2.24, 2.45) is 18.0 Å². The molecule has 3 rings (SSSR count). The van der Waals surface area contributed by atoms with E-state index in [2.05, 4.69) is 55.2 Å². The molecule has 0 bridgehead atoms. The Morgan fingerprint density at radius 3 is 2.65 bits per heavy atom. The third-order valence-corrected chi connectivity index (χ3v) is 4.35. The van der Waals surface area contributed by atoms with Gasteiger partial charge in [0.25, 0.3) is 0 Å². The molecule has 1 aliphatic carbocycles. The molecular weight excluding hydrogens is 282 g/mol. The lowest BCUT2D eigenvalue weighted by Crippen LogP contribution is -2.23. The average Bonchev–Trinajstić information content (AvgIpc) is 3.39. The highest BCUT2D eigenvalue weighted by molar-refractivity contribution is 5.62. The van der Waals surface area contributed by atoms with E-state index in [0.717, 1.165) is 35.8 Å². The summed E-state index contributed by atoms with van der Waals surface area (Å²) in [7, 11) is 2.02. The third-order valence-electron chi connectivity index (χ3n) is 4.35. The van der Waals surface area contributed by atoms with Crippen molar-refractivity contribution in [3.8, 4) is 11.1 Å². The Morgan fingerprint density at radius 2 is 2.00 bits per heavy atom. The molecule has 0 unspecified atom stereocenters. The predicted octanol–water partition coefficient (Wildman–Crippen LogP) is 3.63. The fourth-order valence-corrected chi connectivity index (χ4v) is 2.64. The Hall–Kier alpha value is -2.29. The third kappa shape index (κ3) is 3.92. The number of nitrogens with one attached hydrogen (secondary N) is 1. The summed E-state index contributed by atoms with van der Waals surface area (Å²) in [6.07, 6.45) is 5.74. The molecule has 3 nitrogen and oxygen atoms in total. The Morgan fingerprint density at radius 1 is 1.26 bits per heavy atom.